The Morgan fingerprint density at radius 2 is 1.94 bits per heavy atom. The number of aromatic amines is 1. The van der Waals surface area contributed by atoms with Gasteiger partial charge in [-0.05, 0) is 32.0 Å². The van der Waals surface area contributed by atoms with Gasteiger partial charge in [0.05, 0.1) is 0 Å². The van der Waals surface area contributed by atoms with Crippen LogP contribution in [0.25, 0.3) is 10.9 Å². The molecule has 2 nitrogen and oxygen atoms in total. The Morgan fingerprint density at radius 1 is 1.24 bits per heavy atom. The van der Waals surface area contributed by atoms with E-state index in [1.54, 1.807) is 0 Å². The van der Waals surface area contributed by atoms with E-state index in [1.807, 2.05) is 7.05 Å². The first-order chi connectivity index (χ1) is 7.97. The van der Waals surface area contributed by atoms with E-state index in [-0.39, 0.29) is 5.41 Å². The molecular weight excluding hydrogens is 208 g/mol. The van der Waals surface area contributed by atoms with Crippen LogP contribution in [0.15, 0.2) is 18.2 Å². The zero-order valence-electron chi connectivity index (χ0n) is 11.4. The van der Waals surface area contributed by atoms with Crippen LogP contribution in [-0.4, -0.2) is 18.6 Å². The Hall–Kier alpha value is -1.28. The number of rotatable bonds is 3. The lowest BCUT2D eigenvalue weighted by Crippen LogP contribution is -2.31. The van der Waals surface area contributed by atoms with Gasteiger partial charge in [0.15, 0.2) is 0 Å². The van der Waals surface area contributed by atoms with Crippen LogP contribution in [0.4, 0.5) is 0 Å². The van der Waals surface area contributed by atoms with E-state index in [2.05, 4.69) is 56.2 Å². The second kappa shape index (κ2) is 4.19. The van der Waals surface area contributed by atoms with Crippen LogP contribution in [0.5, 0.6) is 0 Å². The monoisotopic (exact) mass is 230 g/mol. The highest BCUT2D eigenvalue weighted by molar-refractivity contribution is 5.88. The summed E-state index contributed by atoms with van der Waals surface area (Å²) in [5.74, 6) is 0. The molecule has 0 bridgehead atoms. The van der Waals surface area contributed by atoms with Crippen molar-refractivity contribution >= 4 is 10.9 Å². The second-order valence-electron chi connectivity index (χ2n) is 5.54. The Morgan fingerprint density at radius 3 is 2.59 bits per heavy atom. The Labute approximate surface area is 103 Å². The van der Waals surface area contributed by atoms with Gasteiger partial charge in [-0.1, -0.05) is 32.0 Å². The van der Waals surface area contributed by atoms with Gasteiger partial charge in [0.1, 0.15) is 0 Å². The number of hydrogen-bond acceptors (Lipinski definition) is 1. The van der Waals surface area contributed by atoms with Crippen LogP contribution in [0, 0.1) is 13.8 Å². The summed E-state index contributed by atoms with van der Waals surface area (Å²) in [4.78, 5) is 3.53. The number of aryl methyl sites for hydroxylation is 2. The average Bonchev–Trinajstić information content (AvgIpc) is 2.56. The van der Waals surface area contributed by atoms with Crippen molar-refractivity contribution in [1.29, 1.82) is 0 Å². The number of benzene rings is 1. The van der Waals surface area contributed by atoms with E-state index in [0.717, 1.165) is 6.54 Å². The van der Waals surface area contributed by atoms with Crippen LogP contribution in [0.3, 0.4) is 0 Å². The number of H-pyrrole nitrogens is 1. The average molecular weight is 230 g/mol. The number of hydrogen-bond donors (Lipinski definition) is 2. The van der Waals surface area contributed by atoms with Crippen molar-refractivity contribution in [3.63, 3.8) is 0 Å². The second-order valence-corrected chi connectivity index (χ2v) is 5.54. The molecule has 0 spiro atoms. The van der Waals surface area contributed by atoms with Gasteiger partial charge in [0.25, 0.3) is 0 Å². The van der Waals surface area contributed by atoms with Crippen molar-refractivity contribution in [3.05, 3.63) is 35.0 Å². The maximum absolute atomic E-state index is 3.53. The Balaban J connectivity index is 2.69. The molecule has 0 atom stereocenters. The zero-order chi connectivity index (χ0) is 12.6. The third-order valence-corrected chi connectivity index (χ3v) is 3.53. The van der Waals surface area contributed by atoms with Crippen molar-refractivity contribution < 1.29 is 0 Å². The molecule has 1 aromatic carbocycles. The smallest absolute Gasteiger partial charge is 0.0488 e. The summed E-state index contributed by atoms with van der Waals surface area (Å²) in [5.41, 5.74) is 5.46. The molecule has 0 radical (unpaired) electrons. The van der Waals surface area contributed by atoms with E-state index in [9.17, 15) is 0 Å². The van der Waals surface area contributed by atoms with Gasteiger partial charge in [-0.25, -0.2) is 0 Å². The number of fused-ring (bicyclic) bond motifs is 1. The molecule has 2 N–H and O–H groups in total. The fourth-order valence-electron chi connectivity index (χ4n) is 2.90. The number of likely N-dealkylation sites (N-methyl/N-ethyl adjacent to an activating group) is 1. The maximum atomic E-state index is 3.53. The molecular formula is C15H22N2. The molecule has 0 aliphatic heterocycles. The highest BCUT2D eigenvalue weighted by atomic mass is 14.8. The van der Waals surface area contributed by atoms with Crippen LogP contribution < -0.4 is 5.32 Å². The van der Waals surface area contributed by atoms with Gasteiger partial charge in [-0.2, -0.15) is 0 Å². The summed E-state index contributed by atoms with van der Waals surface area (Å²) in [6.45, 7) is 9.90. The van der Waals surface area contributed by atoms with Gasteiger partial charge in [-0.3, -0.25) is 0 Å². The van der Waals surface area contributed by atoms with Crippen molar-refractivity contribution in [2.75, 3.05) is 13.6 Å². The maximum Gasteiger partial charge on any atom is 0.0488 e. The van der Waals surface area contributed by atoms with Gasteiger partial charge < -0.3 is 10.3 Å². The lowest BCUT2D eigenvalue weighted by Gasteiger charge is -2.25. The van der Waals surface area contributed by atoms with Gasteiger partial charge in [-0.15, -0.1) is 0 Å². The van der Waals surface area contributed by atoms with E-state index in [1.165, 1.54) is 27.7 Å². The van der Waals surface area contributed by atoms with Gasteiger partial charge in [0, 0.05) is 28.6 Å². The van der Waals surface area contributed by atoms with Crippen LogP contribution in [0.2, 0.25) is 0 Å². The largest absolute Gasteiger partial charge is 0.358 e. The predicted octanol–water partition coefficient (Wildman–Crippen LogP) is 3.28. The predicted molar refractivity (Wildman–Crippen MR) is 74.7 cm³/mol. The zero-order valence-corrected chi connectivity index (χ0v) is 11.4. The molecule has 0 fully saturated rings. The highest BCUT2D eigenvalue weighted by Gasteiger charge is 2.25. The SMILES string of the molecule is CNCC(C)(C)c1c(C)[nH]c2c(C)cccc12. The summed E-state index contributed by atoms with van der Waals surface area (Å²) >= 11 is 0. The molecule has 0 aliphatic carbocycles. The summed E-state index contributed by atoms with van der Waals surface area (Å²) in [6, 6.07) is 6.52. The van der Waals surface area contributed by atoms with Gasteiger partial charge in [0.2, 0.25) is 0 Å². The third kappa shape index (κ3) is 1.98. The first-order valence-corrected chi connectivity index (χ1v) is 6.20. The molecule has 17 heavy (non-hydrogen) atoms. The molecule has 0 amide bonds. The minimum atomic E-state index is 0.144. The molecule has 0 saturated heterocycles. The Kier molecular flexibility index (Phi) is 3.00. The fourth-order valence-corrected chi connectivity index (χ4v) is 2.90. The van der Waals surface area contributed by atoms with Crippen LogP contribution in [-0.2, 0) is 5.41 Å². The van der Waals surface area contributed by atoms with Gasteiger partial charge >= 0.3 is 0 Å². The standard InChI is InChI=1S/C15H22N2/c1-10-7-6-8-12-13(11(2)17-14(10)12)15(3,4)9-16-5/h6-8,16-17H,9H2,1-5H3. The van der Waals surface area contributed by atoms with Crippen LogP contribution >= 0.6 is 0 Å². The first-order valence-electron chi connectivity index (χ1n) is 6.20. The fraction of sp³-hybridized carbons (Fsp3) is 0.467. The summed E-state index contributed by atoms with van der Waals surface area (Å²) < 4.78 is 0. The van der Waals surface area contributed by atoms with E-state index < -0.39 is 0 Å². The number of para-hydroxylation sites is 1. The summed E-state index contributed by atoms with van der Waals surface area (Å²) in [5, 5.41) is 4.65. The first kappa shape index (κ1) is 12.2. The minimum absolute atomic E-state index is 0.144. The number of nitrogens with one attached hydrogen (secondary N) is 2. The molecule has 2 rings (SSSR count). The molecule has 2 aromatic rings. The van der Waals surface area contributed by atoms with Crippen LogP contribution in [0.1, 0.15) is 30.7 Å². The van der Waals surface area contributed by atoms with Crippen molar-refractivity contribution in [1.82, 2.24) is 10.3 Å². The van der Waals surface area contributed by atoms with Crippen molar-refractivity contribution in [2.45, 2.75) is 33.1 Å². The molecule has 1 aromatic heterocycles. The lowest BCUT2D eigenvalue weighted by atomic mass is 9.82. The summed E-state index contributed by atoms with van der Waals surface area (Å²) in [6.07, 6.45) is 0. The highest BCUT2D eigenvalue weighted by Crippen LogP contribution is 2.34. The van der Waals surface area contributed by atoms with E-state index >= 15 is 0 Å². The van der Waals surface area contributed by atoms with E-state index in [0.29, 0.717) is 0 Å². The number of aromatic nitrogens is 1. The Bertz CT molecular complexity index is 535. The topological polar surface area (TPSA) is 27.8 Å². The molecule has 2 heteroatoms. The van der Waals surface area contributed by atoms with Crippen molar-refractivity contribution in [2.24, 2.45) is 0 Å². The third-order valence-electron chi connectivity index (χ3n) is 3.53. The van der Waals surface area contributed by atoms with Crippen molar-refractivity contribution in [3.8, 4) is 0 Å². The van der Waals surface area contributed by atoms with E-state index in [4.69, 9.17) is 0 Å². The summed E-state index contributed by atoms with van der Waals surface area (Å²) in [7, 11) is 2.01. The normalized spacial score (nSPS) is 12.3. The quantitative estimate of drug-likeness (QED) is 0.832. The molecule has 0 unspecified atom stereocenters. The minimum Gasteiger partial charge on any atom is -0.358 e. The molecule has 1 heterocycles. The molecule has 0 saturated carbocycles. The molecule has 92 valence electrons. The molecule has 0 aliphatic rings. The lowest BCUT2D eigenvalue weighted by molar-refractivity contribution is 0.495.